The summed E-state index contributed by atoms with van der Waals surface area (Å²) in [5.74, 6) is -0.293. The minimum atomic E-state index is -1.40. The monoisotopic (exact) mass is 411 g/mol. The van der Waals surface area contributed by atoms with Crippen LogP contribution in [0.2, 0.25) is 0 Å². The van der Waals surface area contributed by atoms with E-state index in [1.54, 1.807) is 46.8 Å². The molecule has 0 radical (unpaired) electrons. The fourth-order valence-corrected chi connectivity index (χ4v) is 4.06. The number of para-hydroxylation sites is 1. The lowest BCUT2D eigenvalue weighted by molar-refractivity contribution is 0.102. The molecule has 1 amide bonds. The van der Waals surface area contributed by atoms with Gasteiger partial charge in [-0.15, -0.1) is 12.6 Å². The maximum atomic E-state index is 13.1. The molecule has 0 aliphatic heterocycles. The van der Waals surface area contributed by atoms with E-state index in [2.05, 4.69) is 17.9 Å². The number of nitrogens with zero attached hydrogens (tertiary/aromatic N) is 1. The summed E-state index contributed by atoms with van der Waals surface area (Å²) in [5.41, 5.74) is 8.12. The first kappa shape index (κ1) is 20.0. The van der Waals surface area contributed by atoms with Gasteiger partial charge in [0.1, 0.15) is 0 Å². The van der Waals surface area contributed by atoms with Gasteiger partial charge in [0.2, 0.25) is 0 Å². The van der Waals surface area contributed by atoms with Crippen molar-refractivity contribution in [2.75, 3.05) is 21.9 Å². The molecule has 1 atom stereocenters. The average molecular weight is 412 g/mol. The Morgan fingerprint density at radius 1 is 1.07 bits per heavy atom. The Hall–Kier alpha value is -2.77. The van der Waals surface area contributed by atoms with Crippen LogP contribution in [0.1, 0.15) is 17.3 Å². The number of carbonyl (C=O) groups is 1. The zero-order chi connectivity index (χ0) is 20.1. The van der Waals surface area contributed by atoms with E-state index in [1.807, 2.05) is 37.3 Å². The second-order valence-electron chi connectivity index (χ2n) is 6.03. The normalized spacial score (nSPS) is 11.6. The number of nitrogens with two attached hydrogens (primary N) is 1. The number of rotatable bonds is 6. The molecular formula is C21H21N3O2S2. The third-order valence-corrected chi connectivity index (χ3v) is 6.05. The Kier molecular flexibility index (Phi) is 6.38. The molecule has 5 nitrogen and oxygen atoms in total. The summed E-state index contributed by atoms with van der Waals surface area (Å²) >= 11 is 4.21. The number of amides is 1. The van der Waals surface area contributed by atoms with Gasteiger partial charge in [0.15, 0.2) is 11.0 Å². The Labute approximate surface area is 172 Å². The van der Waals surface area contributed by atoms with E-state index in [0.29, 0.717) is 33.3 Å². The molecule has 0 heterocycles. The topological polar surface area (TPSA) is 75.4 Å². The minimum Gasteiger partial charge on any atom is -0.398 e. The SMILES string of the molecule is CCN(c1ccccc1)S(=O)c1cccc(NC(=O)c2ccc(S)c(N)c2)c1. The highest BCUT2D eigenvalue weighted by atomic mass is 32.2. The fraction of sp³-hybridized carbons (Fsp3) is 0.0952. The lowest BCUT2D eigenvalue weighted by Gasteiger charge is -2.22. The van der Waals surface area contributed by atoms with E-state index in [4.69, 9.17) is 5.73 Å². The molecule has 1 unspecified atom stereocenters. The van der Waals surface area contributed by atoms with Gasteiger partial charge in [0, 0.05) is 34.1 Å². The number of benzene rings is 3. The highest BCUT2D eigenvalue weighted by molar-refractivity contribution is 7.86. The second-order valence-corrected chi connectivity index (χ2v) is 7.93. The number of hydrogen-bond donors (Lipinski definition) is 3. The number of hydrogen-bond acceptors (Lipinski definition) is 4. The van der Waals surface area contributed by atoms with E-state index in [0.717, 1.165) is 5.69 Å². The van der Waals surface area contributed by atoms with E-state index in [9.17, 15) is 9.00 Å². The zero-order valence-electron chi connectivity index (χ0n) is 15.3. The van der Waals surface area contributed by atoms with Crippen molar-refractivity contribution >= 4 is 46.6 Å². The van der Waals surface area contributed by atoms with Crippen molar-refractivity contribution in [3.63, 3.8) is 0 Å². The number of thiol groups is 1. The van der Waals surface area contributed by atoms with Crippen LogP contribution < -0.4 is 15.4 Å². The standard InChI is InChI=1S/C21H21N3O2S2/c1-2-24(17-8-4-3-5-9-17)28(26)18-10-6-7-16(14-18)23-21(25)15-11-12-20(27)19(22)13-15/h3-14,27H,2,22H2,1H3,(H,23,25). The van der Waals surface area contributed by atoms with Crippen LogP contribution in [0.25, 0.3) is 0 Å². The van der Waals surface area contributed by atoms with Crippen LogP contribution in [0.4, 0.5) is 17.1 Å². The van der Waals surface area contributed by atoms with E-state index in [-0.39, 0.29) is 5.91 Å². The molecule has 28 heavy (non-hydrogen) atoms. The number of carbonyl (C=O) groups excluding carboxylic acids is 1. The van der Waals surface area contributed by atoms with Crippen molar-refractivity contribution in [2.24, 2.45) is 0 Å². The van der Waals surface area contributed by atoms with Crippen molar-refractivity contribution < 1.29 is 9.00 Å². The molecule has 0 spiro atoms. The van der Waals surface area contributed by atoms with Gasteiger partial charge in [-0.05, 0) is 55.5 Å². The Balaban J connectivity index is 1.80. The first-order valence-electron chi connectivity index (χ1n) is 8.74. The maximum absolute atomic E-state index is 13.1. The van der Waals surface area contributed by atoms with Crippen LogP contribution in [0, 0.1) is 0 Å². The van der Waals surface area contributed by atoms with E-state index < -0.39 is 11.0 Å². The van der Waals surface area contributed by atoms with Crippen LogP contribution in [0.5, 0.6) is 0 Å². The molecule has 3 N–H and O–H groups in total. The van der Waals surface area contributed by atoms with Crippen molar-refractivity contribution in [3.8, 4) is 0 Å². The van der Waals surface area contributed by atoms with Crippen LogP contribution in [0.15, 0.2) is 82.6 Å². The fourth-order valence-electron chi connectivity index (χ4n) is 2.70. The molecule has 0 saturated carbocycles. The molecule has 0 aromatic heterocycles. The van der Waals surface area contributed by atoms with Gasteiger partial charge in [-0.1, -0.05) is 24.3 Å². The second kappa shape index (κ2) is 8.95. The predicted octanol–water partition coefficient (Wildman–Crippen LogP) is 4.36. The lowest BCUT2D eigenvalue weighted by atomic mass is 10.2. The molecule has 0 fully saturated rings. The van der Waals surface area contributed by atoms with Gasteiger partial charge < -0.3 is 11.1 Å². The summed E-state index contributed by atoms with van der Waals surface area (Å²) < 4.78 is 14.9. The quantitative estimate of drug-likeness (QED) is 0.417. The molecule has 0 bridgehead atoms. The highest BCUT2D eigenvalue weighted by Crippen LogP contribution is 2.23. The number of nitrogens with one attached hydrogen (secondary N) is 1. The van der Waals surface area contributed by atoms with Crippen LogP contribution in [-0.2, 0) is 11.0 Å². The van der Waals surface area contributed by atoms with E-state index >= 15 is 0 Å². The summed E-state index contributed by atoms with van der Waals surface area (Å²) in [6.45, 7) is 2.54. The van der Waals surface area contributed by atoms with Crippen molar-refractivity contribution in [3.05, 3.63) is 78.4 Å². The summed E-state index contributed by atoms with van der Waals surface area (Å²) in [4.78, 5) is 13.7. The number of anilines is 3. The van der Waals surface area contributed by atoms with Gasteiger partial charge >= 0.3 is 0 Å². The predicted molar refractivity (Wildman–Crippen MR) is 118 cm³/mol. The molecule has 3 aromatic carbocycles. The Bertz CT molecular complexity index is 1010. The first-order chi connectivity index (χ1) is 13.5. The van der Waals surface area contributed by atoms with Crippen molar-refractivity contribution in [1.29, 1.82) is 0 Å². The summed E-state index contributed by atoms with van der Waals surface area (Å²) in [6.07, 6.45) is 0. The van der Waals surface area contributed by atoms with Crippen LogP contribution in [0.3, 0.4) is 0 Å². The smallest absolute Gasteiger partial charge is 0.255 e. The largest absolute Gasteiger partial charge is 0.398 e. The maximum Gasteiger partial charge on any atom is 0.255 e. The van der Waals surface area contributed by atoms with Gasteiger partial charge in [0.25, 0.3) is 5.91 Å². The lowest BCUT2D eigenvalue weighted by Crippen LogP contribution is -2.25. The first-order valence-corrected chi connectivity index (χ1v) is 10.3. The third kappa shape index (κ3) is 4.55. The zero-order valence-corrected chi connectivity index (χ0v) is 17.0. The van der Waals surface area contributed by atoms with Gasteiger partial charge in [-0.3, -0.25) is 9.10 Å². The summed E-state index contributed by atoms with van der Waals surface area (Å²) in [5, 5.41) is 2.82. The van der Waals surface area contributed by atoms with E-state index in [1.165, 1.54) is 0 Å². The highest BCUT2D eigenvalue weighted by Gasteiger charge is 2.15. The van der Waals surface area contributed by atoms with Crippen LogP contribution in [-0.4, -0.2) is 16.7 Å². The summed E-state index contributed by atoms with van der Waals surface area (Å²) in [6, 6.07) is 21.5. The summed E-state index contributed by atoms with van der Waals surface area (Å²) in [7, 11) is -1.40. The van der Waals surface area contributed by atoms with Gasteiger partial charge in [-0.2, -0.15) is 0 Å². The Morgan fingerprint density at radius 3 is 2.50 bits per heavy atom. The van der Waals surface area contributed by atoms with Crippen LogP contribution >= 0.6 is 12.6 Å². The molecule has 144 valence electrons. The van der Waals surface area contributed by atoms with Gasteiger partial charge in [-0.25, -0.2) is 4.21 Å². The molecule has 7 heteroatoms. The molecule has 3 aromatic rings. The molecule has 0 aliphatic carbocycles. The van der Waals surface area contributed by atoms with Gasteiger partial charge in [0.05, 0.1) is 4.90 Å². The molecular weight excluding hydrogens is 390 g/mol. The molecule has 3 rings (SSSR count). The minimum absolute atomic E-state index is 0.293. The number of nitrogen functional groups attached to an aromatic ring is 1. The average Bonchev–Trinajstić information content (AvgIpc) is 2.71. The molecule has 0 aliphatic rings. The van der Waals surface area contributed by atoms with Crippen molar-refractivity contribution in [2.45, 2.75) is 16.7 Å². The Morgan fingerprint density at radius 2 is 1.82 bits per heavy atom. The van der Waals surface area contributed by atoms with Crippen molar-refractivity contribution in [1.82, 2.24) is 0 Å². The molecule has 0 saturated heterocycles. The third-order valence-electron chi connectivity index (χ3n) is 4.11.